The average Bonchev–Trinajstić information content (AvgIpc) is 2.78. The zero-order chi connectivity index (χ0) is 22.1. The zero-order valence-corrected chi connectivity index (χ0v) is 16.8. The topological polar surface area (TPSA) is 121 Å². The van der Waals surface area contributed by atoms with E-state index < -0.39 is 24.5 Å². The fraction of sp³-hybridized carbons (Fsp3) is 0.286. The van der Waals surface area contributed by atoms with Gasteiger partial charge in [0.05, 0.1) is 20.1 Å². The summed E-state index contributed by atoms with van der Waals surface area (Å²) in [5.41, 5.74) is 0.417. The number of para-hydroxylation sites is 2. The zero-order valence-electron chi connectivity index (χ0n) is 16.8. The predicted octanol–water partition coefficient (Wildman–Crippen LogP) is 2.13. The molecule has 2 N–H and O–H groups in total. The number of carbonyl (C=O) groups excluding carboxylic acids is 3. The van der Waals surface area contributed by atoms with Gasteiger partial charge in [0.15, 0.2) is 29.6 Å². The molecule has 0 fully saturated rings. The summed E-state index contributed by atoms with van der Waals surface area (Å²) < 4.78 is 26.3. The number of amides is 3. The first kappa shape index (κ1) is 21.8. The van der Waals surface area contributed by atoms with Crippen LogP contribution in [0, 0.1) is 0 Å². The van der Waals surface area contributed by atoms with E-state index in [4.69, 9.17) is 23.7 Å². The molecule has 0 atom stereocenters. The molecule has 31 heavy (non-hydrogen) atoms. The maximum atomic E-state index is 11.9. The second-order valence-electron chi connectivity index (χ2n) is 6.27. The molecular formula is C21H22N2O8. The second kappa shape index (κ2) is 10.7. The van der Waals surface area contributed by atoms with Crippen LogP contribution in [0.1, 0.15) is 6.42 Å². The van der Waals surface area contributed by atoms with Crippen LogP contribution in [-0.4, -0.2) is 51.4 Å². The Balaban J connectivity index is 1.35. The smallest absolute Gasteiger partial charge is 0.325 e. The van der Waals surface area contributed by atoms with Crippen molar-refractivity contribution in [2.45, 2.75) is 6.42 Å². The van der Waals surface area contributed by atoms with E-state index in [9.17, 15) is 14.4 Å². The van der Waals surface area contributed by atoms with Crippen molar-refractivity contribution in [1.29, 1.82) is 0 Å². The van der Waals surface area contributed by atoms with Crippen molar-refractivity contribution in [2.75, 3.05) is 38.9 Å². The molecule has 2 aromatic carbocycles. The lowest BCUT2D eigenvalue weighted by atomic mass is 10.2. The van der Waals surface area contributed by atoms with Gasteiger partial charge in [-0.2, -0.15) is 0 Å². The van der Waals surface area contributed by atoms with E-state index in [2.05, 4.69) is 10.6 Å². The Kier molecular flexibility index (Phi) is 7.52. The molecule has 0 aliphatic carbocycles. The van der Waals surface area contributed by atoms with E-state index in [1.807, 2.05) is 0 Å². The number of hydrogen-bond acceptors (Lipinski definition) is 8. The summed E-state index contributed by atoms with van der Waals surface area (Å²) in [5.74, 6) is 0.700. The predicted molar refractivity (Wildman–Crippen MR) is 109 cm³/mol. The van der Waals surface area contributed by atoms with Crippen LogP contribution in [-0.2, 0) is 14.3 Å². The fourth-order valence-corrected chi connectivity index (χ4v) is 2.65. The molecular weight excluding hydrogens is 408 g/mol. The Labute approximate surface area is 178 Å². The standard InChI is InChI=1S/C21H22N2O8/c1-27-15-4-2-3-5-16(15)28-9-8-20(25)31-13-19(24)23-21(26)22-14-6-7-17-18(12-14)30-11-10-29-17/h2-7,12H,8-11,13H2,1H3,(H2,22,23,24,26). The second-order valence-corrected chi connectivity index (χ2v) is 6.27. The molecule has 0 unspecified atom stereocenters. The summed E-state index contributed by atoms with van der Waals surface area (Å²) in [5, 5.41) is 4.57. The quantitative estimate of drug-likeness (QED) is 0.611. The molecule has 1 aliphatic heterocycles. The molecule has 0 radical (unpaired) electrons. The lowest BCUT2D eigenvalue weighted by Gasteiger charge is -2.19. The number of carbonyl (C=O) groups is 3. The largest absolute Gasteiger partial charge is 0.493 e. The first-order chi connectivity index (χ1) is 15.0. The number of fused-ring (bicyclic) bond motifs is 1. The molecule has 0 spiro atoms. The first-order valence-corrected chi connectivity index (χ1v) is 9.47. The number of rotatable bonds is 8. The van der Waals surface area contributed by atoms with Crippen molar-refractivity contribution in [1.82, 2.24) is 5.32 Å². The van der Waals surface area contributed by atoms with Crippen molar-refractivity contribution in [3.63, 3.8) is 0 Å². The number of methoxy groups -OCH3 is 1. The number of hydrogen-bond donors (Lipinski definition) is 2. The van der Waals surface area contributed by atoms with Gasteiger partial charge in [-0.05, 0) is 24.3 Å². The van der Waals surface area contributed by atoms with Gasteiger partial charge < -0.3 is 29.0 Å². The van der Waals surface area contributed by atoms with Gasteiger partial charge in [0, 0.05) is 11.8 Å². The van der Waals surface area contributed by atoms with Gasteiger partial charge in [0.25, 0.3) is 5.91 Å². The molecule has 1 heterocycles. The Morgan fingerprint density at radius 3 is 2.52 bits per heavy atom. The monoisotopic (exact) mass is 430 g/mol. The lowest BCUT2D eigenvalue weighted by molar-refractivity contribution is -0.148. The Morgan fingerprint density at radius 1 is 1.00 bits per heavy atom. The van der Waals surface area contributed by atoms with E-state index in [0.29, 0.717) is 41.9 Å². The maximum absolute atomic E-state index is 11.9. The Morgan fingerprint density at radius 2 is 1.74 bits per heavy atom. The van der Waals surface area contributed by atoms with Crippen LogP contribution in [0.4, 0.5) is 10.5 Å². The average molecular weight is 430 g/mol. The molecule has 0 saturated carbocycles. The third kappa shape index (κ3) is 6.53. The van der Waals surface area contributed by atoms with Crippen LogP contribution >= 0.6 is 0 Å². The van der Waals surface area contributed by atoms with E-state index >= 15 is 0 Å². The van der Waals surface area contributed by atoms with Gasteiger partial charge in [-0.15, -0.1) is 0 Å². The van der Waals surface area contributed by atoms with Crippen molar-refractivity contribution < 1.29 is 38.1 Å². The number of esters is 1. The Bertz CT molecular complexity index is 947. The van der Waals surface area contributed by atoms with E-state index in [1.54, 1.807) is 42.5 Å². The number of anilines is 1. The molecule has 2 aromatic rings. The van der Waals surface area contributed by atoms with Crippen LogP contribution in [0.3, 0.4) is 0 Å². The van der Waals surface area contributed by atoms with Crippen molar-refractivity contribution >= 4 is 23.6 Å². The van der Waals surface area contributed by atoms with Gasteiger partial charge in [0.1, 0.15) is 13.2 Å². The summed E-state index contributed by atoms with van der Waals surface area (Å²) in [6.07, 6.45) is -0.0747. The van der Waals surface area contributed by atoms with Gasteiger partial charge in [-0.3, -0.25) is 14.9 Å². The molecule has 1 aliphatic rings. The summed E-state index contributed by atoms with van der Waals surface area (Å²) in [7, 11) is 1.51. The molecule has 10 heteroatoms. The van der Waals surface area contributed by atoms with E-state index in [-0.39, 0.29) is 13.0 Å². The summed E-state index contributed by atoms with van der Waals surface area (Å²) in [6.45, 7) is 0.323. The minimum Gasteiger partial charge on any atom is -0.493 e. The van der Waals surface area contributed by atoms with Crippen LogP contribution in [0.2, 0.25) is 0 Å². The van der Waals surface area contributed by atoms with Crippen molar-refractivity contribution in [2.24, 2.45) is 0 Å². The maximum Gasteiger partial charge on any atom is 0.325 e. The van der Waals surface area contributed by atoms with Crippen molar-refractivity contribution in [3.8, 4) is 23.0 Å². The lowest BCUT2D eigenvalue weighted by Crippen LogP contribution is -2.37. The third-order valence-electron chi connectivity index (χ3n) is 4.05. The molecule has 0 saturated heterocycles. The highest BCUT2D eigenvalue weighted by Crippen LogP contribution is 2.32. The summed E-state index contributed by atoms with van der Waals surface area (Å²) in [6, 6.07) is 11.1. The normalized spacial score (nSPS) is 11.8. The highest BCUT2D eigenvalue weighted by molar-refractivity contribution is 6.02. The molecule has 10 nitrogen and oxygen atoms in total. The first-order valence-electron chi connectivity index (χ1n) is 9.47. The van der Waals surface area contributed by atoms with Crippen LogP contribution in [0.25, 0.3) is 0 Å². The molecule has 3 amide bonds. The third-order valence-corrected chi connectivity index (χ3v) is 4.05. The van der Waals surface area contributed by atoms with Crippen LogP contribution < -0.4 is 29.6 Å². The minimum atomic E-state index is -0.769. The van der Waals surface area contributed by atoms with Crippen LogP contribution in [0.5, 0.6) is 23.0 Å². The number of imide groups is 1. The van der Waals surface area contributed by atoms with E-state index in [0.717, 1.165) is 0 Å². The molecule has 0 aromatic heterocycles. The summed E-state index contributed by atoms with van der Waals surface area (Å²) in [4.78, 5) is 35.5. The highest BCUT2D eigenvalue weighted by atomic mass is 16.6. The van der Waals surface area contributed by atoms with Gasteiger partial charge in [0.2, 0.25) is 0 Å². The number of nitrogens with one attached hydrogen (secondary N) is 2. The molecule has 0 bridgehead atoms. The minimum absolute atomic E-state index is 0.0470. The number of benzene rings is 2. The van der Waals surface area contributed by atoms with Crippen LogP contribution in [0.15, 0.2) is 42.5 Å². The summed E-state index contributed by atoms with van der Waals surface area (Å²) >= 11 is 0. The molecule has 3 rings (SSSR count). The fourth-order valence-electron chi connectivity index (χ4n) is 2.65. The van der Waals surface area contributed by atoms with Gasteiger partial charge >= 0.3 is 12.0 Å². The van der Waals surface area contributed by atoms with Gasteiger partial charge in [-0.25, -0.2) is 4.79 Å². The highest BCUT2D eigenvalue weighted by Gasteiger charge is 2.15. The Hall–Kier alpha value is -3.95. The van der Waals surface area contributed by atoms with Gasteiger partial charge in [-0.1, -0.05) is 12.1 Å². The van der Waals surface area contributed by atoms with E-state index in [1.165, 1.54) is 7.11 Å². The molecule has 164 valence electrons. The number of urea groups is 1. The van der Waals surface area contributed by atoms with Crippen molar-refractivity contribution in [3.05, 3.63) is 42.5 Å². The number of ether oxygens (including phenoxy) is 5. The SMILES string of the molecule is COc1ccccc1OCCC(=O)OCC(=O)NC(=O)Nc1ccc2c(c1)OCCO2.